The molecule has 0 spiro atoms. The van der Waals surface area contributed by atoms with Gasteiger partial charge < -0.3 is 20.8 Å². The first kappa shape index (κ1) is 17.9. The molecule has 0 unspecified atom stereocenters. The number of hydrogen-bond acceptors (Lipinski definition) is 4. The molecule has 2 amide bonds. The highest BCUT2D eigenvalue weighted by Crippen LogP contribution is 2.08. The molecule has 3 atom stereocenters. The van der Waals surface area contributed by atoms with Crippen LogP contribution < -0.4 is 10.6 Å². The molecule has 8 nitrogen and oxygen atoms in total. The Morgan fingerprint density at radius 3 is 2.00 bits per heavy atom. The van der Waals surface area contributed by atoms with E-state index < -0.39 is 42.3 Å². The lowest BCUT2D eigenvalue weighted by atomic mass is 9.98. The summed E-state index contributed by atoms with van der Waals surface area (Å²) in [5, 5.41) is 22.2. The largest absolute Gasteiger partial charge is 0.481 e. The van der Waals surface area contributed by atoms with E-state index in [2.05, 4.69) is 10.6 Å². The number of amides is 2. The summed E-state index contributed by atoms with van der Waals surface area (Å²) in [6.45, 7) is 4.57. The summed E-state index contributed by atoms with van der Waals surface area (Å²) in [5.74, 6) is -4.18. The van der Waals surface area contributed by atoms with Gasteiger partial charge in [0.05, 0.1) is 6.42 Å². The number of carbonyl (C=O) groups is 4. The molecular weight excluding hydrogens is 268 g/mol. The smallest absolute Gasteiger partial charge is 0.326 e. The van der Waals surface area contributed by atoms with E-state index in [1.807, 2.05) is 0 Å². The van der Waals surface area contributed by atoms with Crippen molar-refractivity contribution in [3.8, 4) is 0 Å². The average molecular weight is 288 g/mol. The fourth-order valence-electron chi connectivity index (χ4n) is 1.57. The Morgan fingerprint density at radius 1 is 1.10 bits per heavy atom. The second kappa shape index (κ2) is 8.13. The van der Waals surface area contributed by atoms with Crippen LogP contribution >= 0.6 is 0 Å². The van der Waals surface area contributed by atoms with Crippen molar-refractivity contribution in [2.24, 2.45) is 5.92 Å². The fraction of sp³-hybridized carbons (Fsp3) is 0.667. The number of carboxylic acids is 2. The van der Waals surface area contributed by atoms with Crippen LogP contribution in [-0.2, 0) is 19.2 Å². The van der Waals surface area contributed by atoms with Crippen LogP contribution in [0.5, 0.6) is 0 Å². The van der Waals surface area contributed by atoms with Gasteiger partial charge in [0.1, 0.15) is 12.1 Å². The van der Waals surface area contributed by atoms with Crippen molar-refractivity contribution in [2.45, 2.75) is 45.7 Å². The van der Waals surface area contributed by atoms with Gasteiger partial charge in [-0.1, -0.05) is 20.3 Å². The molecule has 0 saturated heterocycles. The Morgan fingerprint density at radius 2 is 1.65 bits per heavy atom. The molecule has 0 bridgehead atoms. The highest BCUT2D eigenvalue weighted by atomic mass is 16.4. The van der Waals surface area contributed by atoms with Gasteiger partial charge in [0.15, 0.2) is 0 Å². The monoisotopic (exact) mass is 288 g/mol. The molecule has 0 rings (SSSR count). The van der Waals surface area contributed by atoms with E-state index >= 15 is 0 Å². The fourth-order valence-corrected chi connectivity index (χ4v) is 1.57. The van der Waals surface area contributed by atoms with Crippen LogP contribution in [0.3, 0.4) is 0 Å². The molecule has 8 heteroatoms. The molecule has 114 valence electrons. The normalized spacial score (nSPS) is 14.8. The maximum atomic E-state index is 11.9. The van der Waals surface area contributed by atoms with E-state index in [1.54, 1.807) is 13.8 Å². The zero-order valence-corrected chi connectivity index (χ0v) is 11.7. The maximum Gasteiger partial charge on any atom is 0.326 e. The highest BCUT2D eigenvalue weighted by Gasteiger charge is 2.30. The van der Waals surface area contributed by atoms with Gasteiger partial charge in [0.2, 0.25) is 11.8 Å². The summed E-state index contributed by atoms with van der Waals surface area (Å²) in [5.41, 5.74) is 0. The third-order valence-corrected chi connectivity index (χ3v) is 2.85. The lowest BCUT2D eigenvalue weighted by Crippen LogP contribution is -2.53. The number of aliphatic carboxylic acids is 2. The van der Waals surface area contributed by atoms with Gasteiger partial charge in [0, 0.05) is 6.92 Å². The quantitative estimate of drug-likeness (QED) is 0.479. The first-order valence-electron chi connectivity index (χ1n) is 6.21. The Bertz CT molecular complexity index is 379. The van der Waals surface area contributed by atoms with Gasteiger partial charge >= 0.3 is 11.9 Å². The van der Waals surface area contributed by atoms with Crippen molar-refractivity contribution >= 4 is 23.8 Å². The summed E-state index contributed by atoms with van der Waals surface area (Å²) in [6, 6.07) is -2.42. The third-order valence-electron chi connectivity index (χ3n) is 2.85. The second-order valence-electron chi connectivity index (χ2n) is 4.56. The van der Waals surface area contributed by atoms with Crippen LogP contribution in [-0.4, -0.2) is 46.0 Å². The van der Waals surface area contributed by atoms with Crippen LogP contribution in [0.15, 0.2) is 0 Å². The minimum atomic E-state index is -1.30. The molecule has 0 aromatic carbocycles. The molecule has 0 fully saturated rings. The van der Waals surface area contributed by atoms with E-state index in [0.717, 1.165) is 6.92 Å². The number of carbonyl (C=O) groups excluding carboxylic acids is 2. The lowest BCUT2D eigenvalue weighted by Gasteiger charge is -2.23. The number of nitrogens with one attached hydrogen (secondary N) is 2. The SMILES string of the molecule is CC[C@H](C)[C@H](NC(=O)[C@H](CC(=O)O)NC(C)=O)C(=O)O. The molecule has 0 aliphatic heterocycles. The van der Waals surface area contributed by atoms with Crippen LogP contribution in [0.25, 0.3) is 0 Å². The number of hydrogen-bond donors (Lipinski definition) is 4. The molecule has 0 aromatic rings. The van der Waals surface area contributed by atoms with Crippen molar-refractivity contribution < 1.29 is 29.4 Å². The van der Waals surface area contributed by atoms with Crippen molar-refractivity contribution in [1.82, 2.24) is 10.6 Å². The average Bonchev–Trinajstić information content (AvgIpc) is 2.32. The van der Waals surface area contributed by atoms with Crippen LogP contribution in [0.4, 0.5) is 0 Å². The summed E-state index contributed by atoms with van der Waals surface area (Å²) < 4.78 is 0. The van der Waals surface area contributed by atoms with E-state index in [1.165, 1.54) is 0 Å². The molecule has 0 heterocycles. The first-order valence-corrected chi connectivity index (χ1v) is 6.21. The Labute approximate surface area is 116 Å². The standard InChI is InChI=1S/C12H20N2O6/c1-4-6(2)10(12(19)20)14-11(18)8(5-9(16)17)13-7(3)15/h6,8,10H,4-5H2,1-3H3,(H,13,15)(H,14,18)(H,16,17)(H,19,20)/t6-,8-,10-/m0/s1. The van der Waals surface area contributed by atoms with Crippen molar-refractivity contribution in [3.63, 3.8) is 0 Å². The summed E-state index contributed by atoms with van der Waals surface area (Å²) >= 11 is 0. The minimum absolute atomic E-state index is 0.320. The van der Waals surface area contributed by atoms with E-state index in [-0.39, 0.29) is 5.92 Å². The summed E-state index contributed by atoms with van der Waals surface area (Å²) in [6.07, 6.45) is -0.0841. The molecule has 4 N–H and O–H groups in total. The van der Waals surface area contributed by atoms with Crippen molar-refractivity contribution in [3.05, 3.63) is 0 Å². The van der Waals surface area contributed by atoms with Crippen LogP contribution in [0.1, 0.15) is 33.6 Å². The second-order valence-corrected chi connectivity index (χ2v) is 4.56. The van der Waals surface area contributed by atoms with Gasteiger partial charge in [-0.3, -0.25) is 14.4 Å². The number of carboxylic acid groups (broad SMARTS) is 2. The zero-order valence-electron chi connectivity index (χ0n) is 11.7. The van der Waals surface area contributed by atoms with Gasteiger partial charge in [-0.05, 0) is 5.92 Å². The predicted octanol–water partition coefficient (Wildman–Crippen LogP) is -0.419. The predicted molar refractivity (Wildman–Crippen MR) is 68.9 cm³/mol. The van der Waals surface area contributed by atoms with Crippen molar-refractivity contribution in [2.75, 3.05) is 0 Å². The van der Waals surface area contributed by atoms with Gasteiger partial charge in [-0.15, -0.1) is 0 Å². The van der Waals surface area contributed by atoms with E-state index in [4.69, 9.17) is 10.2 Å². The molecule has 0 saturated carbocycles. The minimum Gasteiger partial charge on any atom is -0.481 e. The molecule has 0 aromatic heterocycles. The zero-order chi connectivity index (χ0) is 15.9. The Kier molecular flexibility index (Phi) is 7.27. The third kappa shape index (κ3) is 6.17. The van der Waals surface area contributed by atoms with Crippen LogP contribution in [0.2, 0.25) is 0 Å². The molecule has 0 radical (unpaired) electrons. The molecular formula is C12H20N2O6. The van der Waals surface area contributed by atoms with Gasteiger partial charge in [-0.25, -0.2) is 4.79 Å². The lowest BCUT2D eigenvalue weighted by molar-refractivity contribution is -0.144. The maximum absolute atomic E-state index is 11.9. The topological polar surface area (TPSA) is 133 Å². The first-order chi connectivity index (χ1) is 9.18. The number of rotatable bonds is 8. The van der Waals surface area contributed by atoms with Gasteiger partial charge in [0.25, 0.3) is 0 Å². The van der Waals surface area contributed by atoms with Crippen molar-refractivity contribution in [1.29, 1.82) is 0 Å². The summed E-state index contributed by atoms with van der Waals surface area (Å²) in [4.78, 5) is 44.6. The molecule has 0 aliphatic rings. The van der Waals surface area contributed by atoms with Gasteiger partial charge in [-0.2, -0.15) is 0 Å². The van der Waals surface area contributed by atoms with E-state index in [0.29, 0.717) is 6.42 Å². The highest BCUT2D eigenvalue weighted by molar-refractivity contribution is 5.92. The van der Waals surface area contributed by atoms with E-state index in [9.17, 15) is 19.2 Å². The Hall–Kier alpha value is -2.12. The molecule has 0 aliphatic carbocycles. The van der Waals surface area contributed by atoms with Crippen LogP contribution in [0, 0.1) is 5.92 Å². The Balaban J connectivity index is 4.91. The summed E-state index contributed by atoms with van der Waals surface area (Å²) in [7, 11) is 0. The molecule has 20 heavy (non-hydrogen) atoms.